The van der Waals surface area contributed by atoms with Crippen LogP contribution in [0.5, 0.6) is 11.5 Å². The summed E-state index contributed by atoms with van der Waals surface area (Å²) >= 11 is 0. The molecular weight excluding hydrogens is 593 g/mol. The lowest BCUT2D eigenvalue weighted by Crippen LogP contribution is -2.00. The normalized spacial score (nSPS) is 13.7. The van der Waals surface area contributed by atoms with Crippen LogP contribution >= 0.6 is 0 Å². The van der Waals surface area contributed by atoms with Gasteiger partial charge in [-0.1, -0.05) is 152 Å². The van der Waals surface area contributed by atoms with Crippen molar-refractivity contribution in [2.45, 2.75) is 0 Å². The fourth-order valence-corrected chi connectivity index (χ4v) is 8.14. The Labute approximate surface area is 290 Å². The molecule has 0 saturated heterocycles. The first-order valence-electron chi connectivity index (χ1n) is 19.0. The molecule has 1 heterocycles. The molecule has 10 aromatic carbocycles. The maximum atomic E-state index is 8.82. The summed E-state index contributed by atoms with van der Waals surface area (Å²) in [5, 5.41) is 11.1. The maximum absolute atomic E-state index is 8.82. The van der Waals surface area contributed by atoms with Gasteiger partial charge in [0.1, 0.15) is 11.5 Å². The Morgan fingerprint density at radius 1 is 0.367 bits per heavy atom. The van der Waals surface area contributed by atoms with Crippen LogP contribution in [-0.4, -0.2) is 0 Å². The van der Waals surface area contributed by atoms with Gasteiger partial charge in [0.2, 0.25) is 0 Å². The van der Waals surface area contributed by atoms with Crippen LogP contribution in [0.15, 0.2) is 170 Å². The largest absolute Gasteiger partial charge is 0.455 e. The standard InChI is InChI=1S/C48H28O/c1-2-9-29(10-3-1)42-28-43-39-18-8-17-38-36(25-26-44(47(38)39)49-48(43)41-16-5-4-15-37(41)42)34-14-7-13-33(27-34)35-23-21-32-20-19-30-11-6-12-31-22-24-40(35)46(32)45(30)31/h1-28H/i1D,2D,3D,9D,10D. The van der Waals surface area contributed by atoms with Gasteiger partial charge >= 0.3 is 0 Å². The number of rotatable bonds is 3. The van der Waals surface area contributed by atoms with Gasteiger partial charge in [0.25, 0.3) is 0 Å². The van der Waals surface area contributed by atoms with Crippen LogP contribution in [-0.2, 0) is 0 Å². The Morgan fingerprint density at radius 3 is 1.82 bits per heavy atom. The average molecular weight is 626 g/mol. The smallest absolute Gasteiger partial charge is 0.143 e. The van der Waals surface area contributed by atoms with Gasteiger partial charge in [-0.05, 0) is 100 Å². The van der Waals surface area contributed by atoms with Crippen LogP contribution in [0.1, 0.15) is 6.85 Å². The highest BCUT2D eigenvalue weighted by atomic mass is 16.5. The highest BCUT2D eigenvalue weighted by molar-refractivity contribution is 6.25. The first kappa shape index (κ1) is 22.2. The SMILES string of the molecule is [2H]c1c([2H])c([2H])c(-c2cc3c(c4ccccc24)Oc2ccc(-c4cccc(-c5ccc6ccc7cccc8ccc5c6c78)c4)c4cccc-3c24)c([2H])c1[2H]. The zero-order valence-electron chi connectivity index (χ0n) is 31.2. The Balaban J connectivity index is 1.11. The van der Waals surface area contributed by atoms with Crippen molar-refractivity contribution in [3.63, 3.8) is 0 Å². The van der Waals surface area contributed by atoms with Gasteiger partial charge in [0.15, 0.2) is 0 Å². The van der Waals surface area contributed by atoms with E-state index in [9.17, 15) is 0 Å². The summed E-state index contributed by atoms with van der Waals surface area (Å²) < 4.78 is 49.4. The molecule has 0 atom stereocenters. The quantitative estimate of drug-likeness (QED) is 0.178. The summed E-state index contributed by atoms with van der Waals surface area (Å²) in [6, 6.07) is 47.2. The summed E-state index contributed by atoms with van der Waals surface area (Å²) in [5.41, 5.74) is 7.02. The third-order valence-corrected chi connectivity index (χ3v) is 10.3. The van der Waals surface area contributed by atoms with Gasteiger partial charge in [-0.25, -0.2) is 0 Å². The molecule has 0 saturated carbocycles. The lowest BCUT2D eigenvalue weighted by molar-refractivity contribution is 0.493. The second kappa shape index (κ2) is 10.0. The Bertz CT molecular complexity index is 3210. The fraction of sp³-hybridized carbons (Fsp3) is 0. The van der Waals surface area contributed by atoms with Gasteiger partial charge in [0.05, 0.1) is 6.85 Å². The minimum atomic E-state index is -0.409. The average Bonchev–Trinajstić information content (AvgIpc) is 3.22. The van der Waals surface area contributed by atoms with Crippen molar-refractivity contribution in [2.75, 3.05) is 0 Å². The topological polar surface area (TPSA) is 9.23 Å². The molecule has 1 aliphatic heterocycles. The molecular formula is C48H28O. The van der Waals surface area contributed by atoms with E-state index in [2.05, 4.69) is 103 Å². The molecule has 0 amide bonds. The molecule has 0 aromatic heterocycles. The van der Waals surface area contributed by atoms with E-state index in [1.165, 1.54) is 37.9 Å². The van der Waals surface area contributed by atoms with Crippen LogP contribution in [0.3, 0.4) is 0 Å². The minimum Gasteiger partial charge on any atom is -0.455 e. The van der Waals surface area contributed by atoms with Crippen LogP contribution in [0.2, 0.25) is 0 Å². The number of ether oxygens (including phenoxy) is 1. The van der Waals surface area contributed by atoms with Crippen LogP contribution in [0.4, 0.5) is 0 Å². The van der Waals surface area contributed by atoms with E-state index in [1.54, 1.807) is 0 Å². The summed E-state index contributed by atoms with van der Waals surface area (Å²) in [4.78, 5) is 0. The van der Waals surface area contributed by atoms with Gasteiger partial charge in [0, 0.05) is 16.3 Å². The molecule has 0 fully saturated rings. The number of hydrogen-bond acceptors (Lipinski definition) is 1. The minimum absolute atomic E-state index is 0.176. The first-order valence-corrected chi connectivity index (χ1v) is 16.5. The molecule has 0 bridgehead atoms. The summed E-state index contributed by atoms with van der Waals surface area (Å²) in [6.45, 7) is 0. The fourth-order valence-electron chi connectivity index (χ4n) is 8.14. The molecule has 0 spiro atoms. The molecule has 1 heteroatoms. The molecule has 226 valence electrons. The number of benzene rings is 10. The van der Waals surface area contributed by atoms with Crippen molar-refractivity contribution in [2.24, 2.45) is 0 Å². The molecule has 0 N–H and O–H groups in total. The van der Waals surface area contributed by atoms with E-state index in [1.807, 2.05) is 36.4 Å². The molecule has 0 radical (unpaired) electrons. The van der Waals surface area contributed by atoms with Gasteiger partial charge < -0.3 is 4.74 Å². The lowest BCUT2D eigenvalue weighted by Gasteiger charge is -2.25. The van der Waals surface area contributed by atoms with Crippen molar-refractivity contribution in [1.29, 1.82) is 0 Å². The molecule has 1 nitrogen and oxygen atoms in total. The van der Waals surface area contributed by atoms with E-state index >= 15 is 0 Å². The molecule has 11 rings (SSSR count). The Morgan fingerprint density at radius 2 is 1.00 bits per heavy atom. The van der Waals surface area contributed by atoms with Crippen LogP contribution in [0.25, 0.3) is 98.4 Å². The second-order valence-electron chi connectivity index (χ2n) is 12.8. The number of hydrogen-bond donors (Lipinski definition) is 0. The van der Waals surface area contributed by atoms with E-state index in [0.717, 1.165) is 55.1 Å². The van der Waals surface area contributed by atoms with Crippen LogP contribution < -0.4 is 4.74 Å². The van der Waals surface area contributed by atoms with E-state index < -0.39 is 6.04 Å². The third-order valence-electron chi connectivity index (χ3n) is 10.3. The van der Waals surface area contributed by atoms with Gasteiger partial charge in [-0.3, -0.25) is 0 Å². The predicted molar refractivity (Wildman–Crippen MR) is 207 cm³/mol. The Hall–Kier alpha value is -6.44. The molecule has 0 aliphatic carbocycles. The molecule has 49 heavy (non-hydrogen) atoms. The summed E-state index contributed by atoms with van der Waals surface area (Å²) in [6.07, 6.45) is 0. The zero-order chi connectivity index (χ0) is 36.4. The third kappa shape index (κ3) is 3.82. The van der Waals surface area contributed by atoms with E-state index in [4.69, 9.17) is 11.6 Å². The van der Waals surface area contributed by atoms with Crippen molar-refractivity contribution < 1.29 is 11.6 Å². The van der Waals surface area contributed by atoms with E-state index in [-0.39, 0.29) is 29.7 Å². The molecule has 1 aliphatic rings. The van der Waals surface area contributed by atoms with E-state index in [0.29, 0.717) is 11.3 Å². The Kier molecular flexibility index (Phi) is 4.54. The molecule has 0 unspecified atom stereocenters. The van der Waals surface area contributed by atoms with Crippen molar-refractivity contribution >= 4 is 53.9 Å². The summed E-state index contributed by atoms with van der Waals surface area (Å²) in [5.74, 6) is 1.44. The predicted octanol–water partition coefficient (Wildman–Crippen LogP) is 13.7. The number of fused-ring (bicyclic) bond motifs is 4. The molecule has 10 aromatic rings. The lowest BCUT2D eigenvalue weighted by atomic mass is 9.86. The second-order valence-corrected chi connectivity index (χ2v) is 12.8. The van der Waals surface area contributed by atoms with Crippen LogP contribution in [0, 0.1) is 0 Å². The van der Waals surface area contributed by atoms with Crippen molar-refractivity contribution in [3.8, 4) is 56.0 Å². The highest BCUT2D eigenvalue weighted by Gasteiger charge is 2.25. The first-order chi connectivity index (χ1) is 26.4. The van der Waals surface area contributed by atoms with Gasteiger partial charge in [-0.15, -0.1) is 0 Å². The maximum Gasteiger partial charge on any atom is 0.143 e. The van der Waals surface area contributed by atoms with Gasteiger partial charge in [-0.2, -0.15) is 0 Å². The zero-order valence-corrected chi connectivity index (χ0v) is 26.2. The van der Waals surface area contributed by atoms with Crippen molar-refractivity contribution in [1.82, 2.24) is 0 Å². The monoisotopic (exact) mass is 625 g/mol. The highest BCUT2D eigenvalue weighted by Crippen LogP contribution is 2.53. The van der Waals surface area contributed by atoms with Crippen molar-refractivity contribution in [3.05, 3.63) is 170 Å². The summed E-state index contributed by atoms with van der Waals surface area (Å²) in [7, 11) is 0.